The van der Waals surface area contributed by atoms with E-state index in [1.807, 2.05) is 0 Å². The predicted molar refractivity (Wildman–Crippen MR) is 48.2 cm³/mol. The maximum absolute atomic E-state index is 12.4. The van der Waals surface area contributed by atoms with Gasteiger partial charge in [-0.3, -0.25) is 0 Å². The van der Waals surface area contributed by atoms with E-state index < -0.39 is 29.2 Å². The lowest BCUT2D eigenvalue weighted by Crippen LogP contribution is -2.12. The van der Waals surface area contributed by atoms with Crippen LogP contribution >= 0.6 is 0 Å². The molecule has 1 aromatic rings. The second kappa shape index (κ2) is 3.97. The maximum Gasteiger partial charge on any atom is 0.419 e. The van der Waals surface area contributed by atoms with Crippen molar-refractivity contribution in [2.75, 3.05) is 0 Å². The van der Waals surface area contributed by atoms with Gasteiger partial charge in [0, 0.05) is 0 Å². The van der Waals surface area contributed by atoms with Gasteiger partial charge in [-0.15, -0.1) is 0 Å². The third-order valence-electron chi connectivity index (χ3n) is 1.98. The number of alkyl halides is 6. The van der Waals surface area contributed by atoms with E-state index >= 15 is 0 Å². The summed E-state index contributed by atoms with van der Waals surface area (Å²) in [6.07, 6.45) is -9.30. The molecule has 0 radical (unpaired) electrons. The van der Waals surface area contributed by atoms with Gasteiger partial charge in [-0.1, -0.05) is 12.7 Å². The molecule has 0 fully saturated rings. The van der Waals surface area contributed by atoms with Crippen LogP contribution in [-0.2, 0) is 12.4 Å². The lowest BCUT2D eigenvalue weighted by Gasteiger charge is -2.15. The van der Waals surface area contributed by atoms with Crippen LogP contribution in [0.5, 0.6) is 5.75 Å². The zero-order valence-corrected chi connectivity index (χ0v) is 8.15. The molecule has 0 aliphatic rings. The Kier molecular flexibility index (Phi) is 3.13. The quantitative estimate of drug-likeness (QED) is 0.751. The van der Waals surface area contributed by atoms with Gasteiger partial charge in [0.15, 0.2) is 0 Å². The van der Waals surface area contributed by atoms with Crippen molar-refractivity contribution >= 4 is 6.08 Å². The molecule has 0 spiro atoms. The minimum absolute atomic E-state index is 0.373. The maximum atomic E-state index is 12.4. The Morgan fingerprint density at radius 1 is 0.941 bits per heavy atom. The molecule has 1 rings (SSSR count). The number of hydrogen-bond donors (Lipinski definition) is 1. The Morgan fingerprint density at radius 2 is 1.29 bits per heavy atom. The Labute approximate surface area is 92.0 Å². The van der Waals surface area contributed by atoms with Gasteiger partial charge in [-0.2, -0.15) is 26.3 Å². The minimum Gasteiger partial charge on any atom is -0.507 e. The average Bonchev–Trinajstić information content (AvgIpc) is 2.14. The molecule has 17 heavy (non-hydrogen) atoms. The molecule has 0 saturated carbocycles. The normalized spacial score (nSPS) is 12.6. The van der Waals surface area contributed by atoms with Crippen molar-refractivity contribution in [2.45, 2.75) is 12.4 Å². The smallest absolute Gasteiger partial charge is 0.419 e. The Bertz CT molecular complexity index is 408. The molecule has 0 amide bonds. The highest BCUT2D eigenvalue weighted by Gasteiger charge is 2.41. The number of hydrogen-bond acceptors (Lipinski definition) is 1. The van der Waals surface area contributed by atoms with Crippen molar-refractivity contribution in [1.29, 1.82) is 0 Å². The minimum atomic E-state index is -5.07. The van der Waals surface area contributed by atoms with E-state index in [2.05, 4.69) is 6.58 Å². The molecular weight excluding hydrogens is 250 g/mol. The lowest BCUT2D eigenvalue weighted by molar-refractivity contribution is -0.145. The molecule has 1 nitrogen and oxygen atoms in total. The molecule has 0 aliphatic heterocycles. The summed E-state index contributed by atoms with van der Waals surface area (Å²) in [5.41, 5.74) is -3.84. The first-order valence-corrected chi connectivity index (χ1v) is 4.21. The van der Waals surface area contributed by atoms with Crippen molar-refractivity contribution in [3.05, 3.63) is 35.4 Å². The van der Waals surface area contributed by atoms with Gasteiger partial charge in [-0.05, 0) is 17.7 Å². The van der Waals surface area contributed by atoms with Crippen LogP contribution in [0.3, 0.4) is 0 Å². The number of phenols is 1. The lowest BCUT2D eigenvalue weighted by atomic mass is 10.0. The van der Waals surface area contributed by atoms with E-state index in [4.69, 9.17) is 5.11 Å². The number of benzene rings is 1. The molecule has 0 unspecified atom stereocenters. The number of halogens is 6. The van der Waals surface area contributed by atoms with Gasteiger partial charge in [0.1, 0.15) is 5.75 Å². The fourth-order valence-corrected chi connectivity index (χ4v) is 1.21. The van der Waals surface area contributed by atoms with Crippen molar-refractivity contribution in [3.8, 4) is 5.75 Å². The van der Waals surface area contributed by atoms with Crippen molar-refractivity contribution in [2.24, 2.45) is 0 Å². The van der Waals surface area contributed by atoms with Crippen molar-refractivity contribution in [1.82, 2.24) is 0 Å². The van der Waals surface area contributed by atoms with Crippen LogP contribution in [0.4, 0.5) is 26.3 Å². The highest BCUT2D eigenvalue weighted by atomic mass is 19.4. The Morgan fingerprint density at radius 3 is 1.53 bits per heavy atom. The van der Waals surface area contributed by atoms with E-state index in [0.29, 0.717) is 12.1 Å². The van der Waals surface area contributed by atoms with Crippen LogP contribution < -0.4 is 0 Å². The third-order valence-corrected chi connectivity index (χ3v) is 1.98. The van der Waals surface area contributed by atoms with Crippen molar-refractivity contribution < 1.29 is 31.4 Å². The summed E-state index contributed by atoms with van der Waals surface area (Å²) in [4.78, 5) is 0. The van der Waals surface area contributed by atoms with Crippen molar-refractivity contribution in [3.63, 3.8) is 0 Å². The van der Waals surface area contributed by atoms with Gasteiger partial charge >= 0.3 is 12.4 Å². The van der Waals surface area contributed by atoms with Crippen LogP contribution in [0, 0.1) is 0 Å². The summed E-state index contributed by atoms with van der Waals surface area (Å²) in [6.45, 7) is 3.09. The van der Waals surface area contributed by atoms with Gasteiger partial charge in [0.05, 0.1) is 11.1 Å². The van der Waals surface area contributed by atoms with Crippen LogP contribution in [0.1, 0.15) is 16.7 Å². The average molecular weight is 256 g/mol. The molecule has 0 atom stereocenters. The van der Waals surface area contributed by atoms with Crippen LogP contribution in [0.25, 0.3) is 6.08 Å². The number of phenolic OH excluding ortho intramolecular Hbond substituents is 1. The number of rotatable bonds is 1. The molecular formula is C10H6F6O. The van der Waals surface area contributed by atoms with Gasteiger partial charge in [0.25, 0.3) is 0 Å². The summed E-state index contributed by atoms with van der Waals surface area (Å²) in [6, 6.07) is 0.801. The molecule has 94 valence electrons. The molecule has 1 N–H and O–H groups in total. The van der Waals surface area contributed by atoms with Crippen LogP contribution in [-0.4, -0.2) is 5.11 Å². The summed E-state index contributed by atoms with van der Waals surface area (Å²) in [7, 11) is 0. The van der Waals surface area contributed by atoms with E-state index in [0.717, 1.165) is 6.08 Å². The van der Waals surface area contributed by atoms with E-state index in [1.165, 1.54) is 0 Å². The van der Waals surface area contributed by atoms with Crippen LogP contribution in [0.2, 0.25) is 0 Å². The highest BCUT2D eigenvalue weighted by molar-refractivity contribution is 5.56. The van der Waals surface area contributed by atoms with Crippen LogP contribution in [0.15, 0.2) is 18.7 Å². The Balaban J connectivity index is 3.59. The summed E-state index contributed by atoms with van der Waals surface area (Å²) >= 11 is 0. The van der Waals surface area contributed by atoms with Gasteiger partial charge in [0.2, 0.25) is 0 Å². The second-order valence-electron chi connectivity index (χ2n) is 3.16. The molecule has 0 heterocycles. The topological polar surface area (TPSA) is 20.2 Å². The standard InChI is InChI=1S/C10H6F6O/c1-2-5-3-6(9(11,12)13)8(17)7(4-5)10(14,15)16/h2-4,17H,1H2. The molecule has 0 aromatic heterocycles. The second-order valence-corrected chi connectivity index (χ2v) is 3.16. The van der Waals surface area contributed by atoms with Gasteiger partial charge < -0.3 is 5.11 Å². The van der Waals surface area contributed by atoms with Gasteiger partial charge in [-0.25, -0.2) is 0 Å². The molecule has 0 bridgehead atoms. The fourth-order valence-electron chi connectivity index (χ4n) is 1.21. The summed E-state index contributed by atoms with van der Waals surface area (Å²) in [5.74, 6) is -1.82. The first-order chi connectivity index (χ1) is 7.57. The third kappa shape index (κ3) is 2.72. The van der Waals surface area contributed by atoms with E-state index in [1.54, 1.807) is 0 Å². The Hall–Kier alpha value is -1.66. The SMILES string of the molecule is C=Cc1cc(C(F)(F)F)c(O)c(C(F)(F)F)c1. The van der Waals surface area contributed by atoms with E-state index in [9.17, 15) is 26.3 Å². The monoisotopic (exact) mass is 256 g/mol. The molecule has 7 heteroatoms. The summed E-state index contributed by atoms with van der Waals surface area (Å²) < 4.78 is 74.2. The first-order valence-electron chi connectivity index (χ1n) is 4.21. The molecule has 0 aliphatic carbocycles. The zero-order valence-electron chi connectivity index (χ0n) is 8.15. The molecule has 1 aromatic carbocycles. The highest BCUT2D eigenvalue weighted by Crippen LogP contribution is 2.44. The predicted octanol–water partition coefficient (Wildman–Crippen LogP) is 4.07. The fraction of sp³-hybridized carbons (Fsp3) is 0.200. The largest absolute Gasteiger partial charge is 0.507 e. The summed E-state index contributed by atoms with van der Waals surface area (Å²) in [5, 5.41) is 9.01. The first kappa shape index (κ1) is 13.4. The zero-order chi connectivity index (χ0) is 13.4. The number of aromatic hydroxyl groups is 1. The molecule has 0 saturated heterocycles. The van der Waals surface area contributed by atoms with E-state index in [-0.39, 0.29) is 5.56 Å².